The van der Waals surface area contributed by atoms with Crippen LogP contribution in [0.2, 0.25) is 0 Å². The van der Waals surface area contributed by atoms with Crippen molar-refractivity contribution in [3.63, 3.8) is 0 Å². The van der Waals surface area contributed by atoms with E-state index in [1.165, 1.54) is 6.07 Å². The molecule has 0 amide bonds. The van der Waals surface area contributed by atoms with E-state index in [1.807, 2.05) is 0 Å². The van der Waals surface area contributed by atoms with E-state index >= 15 is 4.39 Å². The molecule has 1 aliphatic heterocycles. The molecule has 8 heteroatoms. The number of ether oxygens (including phenoxy) is 3. The van der Waals surface area contributed by atoms with E-state index in [2.05, 4.69) is 0 Å². The fourth-order valence-electron chi connectivity index (χ4n) is 4.20. The molecule has 3 aromatic carbocycles. The van der Waals surface area contributed by atoms with Crippen LogP contribution in [0.1, 0.15) is 35.6 Å². The van der Waals surface area contributed by atoms with Crippen LogP contribution in [0.4, 0.5) is 8.78 Å². The van der Waals surface area contributed by atoms with Gasteiger partial charge in [0.2, 0.25) is 0 Å². The predicted octanol–water partition coefficient (Wildman–Crippen LogP) is 5.23. The Hall–Kier alpha value is -3.49. The summed E-state index contributed by atoms with van der Waals surface area (Å²) in [6, 6.07) is 15.9. The first kappa shape index (κ1) is 25.6. The maximum Gasteiger partial charge on any atom is 0.307 e. The molecule has 0 bridgehead atoms. The Balaban J connectivity index is 1.64. The van der Waals surface area contributed by atoms with Crippen molar-refractivity contribution in [1.82, 2.24) is 0 Å². The average molecular weight is 498 g/mol. The van der Waals surface area contributed by atoms with E-state index in [-0.39, 0.29) is 30.3 Å². The van der Waals surface area contributed by atoms with Crippen LogP contribution >= 0.6 is 0 Å². The Kier molecular flexibility index (Phi) is 8.51. The molecule has 0 aliphatic carbocycles. The Bertz CT molecular complexity index is 1200. The fourth-order valence-corrected chi connectivity index (χ4v) is 4.20. The van der Waals surface area contributed by atoms with Gasteiger partial charge in [-0.15, -0.1) is 0 Å². The molecule has 190 valence electrons. The number of para-hydroxylation sites is 1. The number of hydrogen-bond donors (Lipinski definition) is 2. The molecule has 1 fully saturated rings. The minimum Gasteiger partial charge on any atom is -0.491 e. The van der Waals surface area contributed by atoms with Crippen LogP contribution in [0.3, 0.4) is 0 Å². The zero-order chi connectivity index (χ0) is 25.5. The first-order valence-electron chi connectivity index (χ1n) is 11.9. The summed E-state index contributed by atoms with van der Waals surface area (Å²) in [5, 5.41) is 9.18. The third kappa shape index (κ3) is 6.38. The quantitative estimate of drug-likeness (QED) is 0.377. The molecule has 3 N–H and O–H groups in total. The maximum absolute atomic E-state index is 15.3. The van der Waals surface area contributed by atoms with Crippen LogP contribution < -0.4 is 15.2 Å². The van der Waals surface area contributed by atoms with E-state index in [4.69, 9.17) is 19.9 Å². The molecule has 2 unspecified atom stereocenters. The van der Waals surface area contributed by atoms with Gasteiger partial charge in [-0.1, -0.05) is 36.4 Å². The van der Waals surface area contributed by atoms with Gasteiger partial charge in [-0.3, -0.25) is 4.79 Å². The van der Waals surface area contributed by atoms with Gasteiger partial charge in [0.15, 0.2) is 0 Å². The van der Waals surface area contributed by atoms with Crippen molar-refractivity contribution in [2.75, 3.05) is 19.9 Å². The molecule has 0 saturated carbocycles. The molecule has 6 nitrogen and oxygen atoms in total. The molecule has 2 atom stereocenters. The average Bonchev–Trinajstić information content (AvgIpc) is 3.40. The number of carboxylic acids is 1. The lowest BCUT2D eigenvalue weighted by Gasteiger charge is -2.17. The van der Waals surface area contributed by atoms with E-state index in [0.29, 0.717) is 41.4 Å². The van der Waals surface area contributed by atoms with Crippen molar-refractivity contribution in [2.45, 2.75) is 38.0 Å². The van der Waals surface area contributed by atoms with Gasteiger partial charge >= 0.3 is 5.97 Å². The van der Waals surface area contributed by atoms with Gasteiger partial charge < -0.3 is 25.1 Å². The number of carboxylic acid groups (broad SMARTS) is 1. The largest absolute Gasteiger partial charge is 0.491 e. The lowest BCUT2D eigenvalue weighted by Crippen LogP contribution is -2.16. The summed E-state index contributed by atoms with van der Waals surface area (Å²) < 4.78 is 46.1. The zero-order valence-corrected chi connectivity index (χ0v) is 19.8. The molecule has 0 aromatic heterocycles. The number of rotatable bonds is 11. The second-order valence-corrected chi connectivity index (χ2v) is 8.75. The molecule has 4 rings (SSSR count). The summed E-state index contributed by atoms with van der Waals surface area (Å²) in [7, 11) is 0. The van der Waals surface area contributed by atoms with E-state index < -0.39 is 24.5 Å². The van der Waals surface area contributed by atoms with E-state index in [9.17, 15) is 14.3 Å². The lowest BCUT2D eigenvalue weighted by atomic mass is 9.97. The Morgan fingerprint density at radius 2 is 1.97 bits per heavy atom. The summed E-state index contributed by atoms with van der Waals surface area (Å²) >= 11 is 0. The monoisotopic (exact) mass is 497 g/mol. The molecule has 1 aliphatic rings. The summed E-state index contributed by atoms with van der Waals surface area (Å²) in [6.07, 6.45) is 1.72. The molecule has 0 radical (unpaired) electrons. The topological polar surface area (TPSA) is 91.0 Å². The number of carbonyl (C=O) groups is 1. The third-order valence-electron chi connectivity index (χ3n) is 6.04. The number of benzene rings is 3. The summed E-state index contributed by atoms with van der Waals surface area (Å²) in [5.74, 6) is -0.577. The number of alkyl halides is 1. The lowest BCUT2D eigenvalue weighted by molar-refractivity contribution is -0.136. The Morgan fingerprint density at radius 1 is 1.14 bits per heavy atom. The van der Waals surface area contributed by atoms with Crippen LogP contribution in [0, 0.1) is 5.82 Å². The molecular weight excluding hydrogens is 468 g/mol. The van der Waals surface area contributed by atoms with Crippen molar-refractivity contribution < 1.29 is 32.9 Å². The highest BCUT2D eigenvalue weighted by atomic mass is 19.1. The second-order valence-electron chi connectivity index (χ2n) is 8.75. The highest BCUT2D eigenvalue weighted by Gasteiger charge is 2.19. The highest BCUT2D eigenvalue weighted by Crippen LogP contribution is 2.32. The summed E-state index contributed by atoms with van der Waals surface area (Å²) in [5.41, 5.74) is 7.91. The minimum atomic E-state index is -1.06. The summed E-state index contributed by atoms with van der Waals surface area (Å²) in [4.78, 5) is 11.2. The molecule has 1 saturated heterocycles. The van der Waals surface area contributed by atoms with E-state index in [0.717, 1.165) is 12.8 Å². The first-order chi connectivity index (χ1) is 17.4. The smallest absolute Gasteiger partial charge is 0.307 e. The highest BCUT2D eigenvalue weighted by molar-refractivity contribution is 5.71. The standard InChI is InChI=1S/C28H29F2NO5/c29-15-25(31)24-8-3-7-23(28(24)30)20-11-18(12-22(13-20)35-17-21-6-4-10-34-21)16-36-26-9-2-1-5-19(26)14-27(32)33/h1-3,5,7-9,11-13,21,25H,4,6,10,14-17,31H2,(H,32,33). The first-order valence-corrected chi connectivity index (χ1v) is 11.9. The van der Waals surface area contributed by atoms with Crippen LogP contribution in [-0.4, -0.2) is 37.1 Å². The van der Waals surface area contributed by atoms with Crippen molar-refractivity contribution in [3.05, 3.63) is 83.2 Å². The number of hydrogen-bond acceptors (Lipinski definition) is 5. The van der Waals surface area contributed by atoms with Gasteiger partial charge in [-0.25, -0.2) is 8.78 Å². The summed E-state index contributed by atoms with van der Waals surface area (Å²) in [6.45, 7) is 0.294. The van der Waals surface area contributed by atoms with Crippen molar-refractivity contribution in [3.8, 4) is 22.6 Å². The SMILES string of the molecule is NC(CF)c1cccc(-c2cc(COc3ccccc3CC(=O)O)cc(OCC3CCCO3)c2)c1F. The predicted molar refractivity (Wildman–Crippen MR) is 131 cm³/mol. The van der Waals surface area contributed by atoms with Gasteiger partial charge in [-0.05, 0) is 48.2 Å². The van der Waals surface area contributed by atoms with Crippen molar-refractivity contribution in [1.29, 1.82) is 0 Å². The number of aliphatic carboxylic acids is 1. The second kappa shape index (κ2) is 12.0. The van der Waals surface area contributed by atoms with E-state index in [1.54, 1.807) is 54.6 Å². The van der Waals surface area contributed by atoms with Crippen LogP contribution in [0.5, 0.6) is 11.5 Å². The number of nitrogens with two attached hydrogens (primary N) is 1. The molecule has 3 aromatic rings. The van der Waals surface area contributed by atoms with Gasteiger partial charge in [-0.2, -0.15) is 0 Å². The van der Waals surface area contributed by atoms with Gasteiger partial charge in [0.1, 0.15) is 37.2 Å². The fraction of sp³-hybridized carbons (Fsp3) is 0.321. The van der Waals surface area contributed by atoms with Gasteiger partial charge in [0.25, 0.3) is 0 Å². The van der Waals surface area contributed by atoms with Crippen LogP contribution in [0.25, 0.3) is 11.1 Å². The van der Waals surface area contributed by atoms with Crippen molar-refractivity contribution >= 4 is 5.97 Å². The van der Waals surface area contributed by atoms with Crippen molar-refractivity contribution in [2.24, 2.45) is 5.73 Å². The zero-order valence-electron chi connectivity index (χ0n) is 19.8. The third-order valence-corrected chi connectivity index (χ3v) is 6.04. The molecule has 0 spiro atoms. The Labute approximate surface area is 208 Å². The van der Waals surface area contributed by atoms with Gasteiger partial charge in [0.05, 0.1) is 18.6 Å². The van der Waals surface area contributed by atoms with Crippen LogP contribution in [0.15, 0.2) is 60.7 Å². The number of halogens is 2. The normalized spacial score (nSPS) is 16.0. The maximum atomic E-state index is 15.3. The Morgan fingerprint density at radius 3 is 2.72 bits per heavy atom. The molecular formula is C28H29F2NO5. The van der Waals surface area contributed by atoms with Gasteiger partial charge in [0, 0.05) is 23.3 Å². The minimum absolute atomic E-state index is 0.00105. The van der Waals surface area contributed by atoms with Crippen LogP contribution in [-0.2, 0) is 22.6 Å². The molecule has 1 heterocycles. The molecule has 36 heavy (non-hydrogen) atoms.